The molecule has 59 heavy (non-hydrogen) atoms. The van der Waals surface area contributed by atoms with Crippen molar-refractivity contribution in [3.05, 3.63) is 105 Å². The van der Waals surface area contributed by atoms with Crippen LogP contribution < -0.4 is 19.5 Å². The van der Waals surface area contributed by atoms with Gasteiger partial charge in [0.2, 0.25) is 5.91 Å². The average Bonchev–Trinajstić information content (AvgIpc) is 4.02. The number of epoxide rings is 1. The van der Waals surface area contributed by atoms with Crippen LogP contribution in [0.3, 0.4) is 0 Å². The van der Waals surface area contributed by atoms with Crippen molar-refractivity contribution >= 4 is 17.8 Å². The minimum Gasteiger partial charge on any atom is -0.497 e. The number of hydrogen-bond acceptors (Lipinski definition) is 7. The summed E-state index contributed by atoms with van der Waals surface area (Å²) < 4.78 is 32.5. The summed E-state index contributed by atoms with van der Waals surface area (Å²) in [5, 5.41) is 3.09. The first-order valence-electron chi connectivity index (χ1n) is 21.8. The Labute approximate surface area is 353 Å². The van der Waals surface area contributed by atoms with E-state index in [1.807, 2.05) is 51.1 Å². The topological polar surface area (TPSA) is 95.6 Å². The fourth-order valence-corrected chi connectivity index (χ4v) is 9.28. The number of benzene rings is 2. The predicted molar refractivity (Wildman–Crippen MR) is 237 cm³/mol. The van der Waals surface area contributed by atoms with Crippen LogP contribution in [0.1, 0.15) is 133 Å². The van der Waals surface area contributed by atoms with E-state index in [0.29, 0.717) is 61.5 Å². The molecule has 8 heteroatoms. The van der Waals surface area contributed by atoms with Crippen molar-refractivity contribution in [1.82, 2.24) is 5.32 Å². The van der Waals surface area contributed by atoms with E-state index in [1.165, 1.54) is 11.1 Å². The Hall–Kier alpha value is -4.40. The van der Waals surface area contributed by atoms with Crippen LogP contribution in [0.5, 0.6) is 17.2 Å². The van der Waals surface area contributed by atoms with E-state index in [-0.39, 0.29) is 23.7 Å². The van der Waals surface area contributed by atoms with Crippen molar-refractivity contribution in [1.29, 1.82) is 0 Å². The van der Waals surface area contributed by atoms with Gasteiger partial charge in [-0.05, 0) is 136 Å². The standard InChI is InChI=1S/C51H67NO7/c1-11-26-50(56-12-2,29-23-35(7)48(54)52-30-25-37-16-19-39(55-10)20-17-37)51(32-57-51)38-18-22-43-42(31-38)45(53)44-36(8)40-24-28-49(9,27-13-14-33(3)4)59-46(40)41(47(44)58-43)21-15-34(5)6/h14-17,19-20,23-24,28,31,38,43H,11-13,18,21-22,25-27,29-30,32H2,1-10H3,(H,52,54)/b35-23-. The summed E-state index contributed by atoms with van der Waals surface area (Å²) >= 11 is 0. The summed E-state index contributed by atoms with van der Waals surface area (Å²) in [5.41, 5.74) is 6.65. The lowest BCUT2D eigenvalue weighted by molar-refractivity contribution is -0.118. The van der Waals surface area contributed by atoms with Gasteiger partial charge in [-0.2, -0.15) is 0 Å². The summed E-state index contributed by atoms with van der Waals surface area (Å²) in [5.74, 6) is 2.19. The van der Waals surface area contributed by atoms with Gasteiger partial charge in [-0.3, -0.25) is 9.59 Å². The SMILES string of the molecule is CCCC(C/C=C(/C)C(=O)NCCc1ccc(OC)cc1)(OCC)C1(C2C=C3C(=O)c4c(C)c5c(c(CC=C(C)C)c4OC3CC2)OC(C)(CCC=C(C)C)C=C5)CO1. The maximum atomic E-state index is 14.9. The van der Waals surface area contributed by atoms with Gasteiger partial charge in [0.25, 0.3) is 0 Å². The number of carbonyl (C=O) groups excluding carboxylic acids is 2. The van der Waals surface area contributed by atoms with Gasteiger partial charge in [0.05, 0.1) is 19.3 Å². The van der Waals surface area contributed by atoms with Crippen LogP contribution in [0.15, 0.2) is 76.9 Å². The lowest BCUT2D eigenvalue weighted by atomic mass is 9.68. The smallest absolute Gasteiger partial charge is 0.246 e. The second kappa shape index (κ2) is 18.5. The van der Waals surface area contributed by atoms with E-state index < -0.39 is 16.8 Å². The molecule has 0 aromatic heterocycles. The molecule has 2 aromatic carbocycles. The normalized spacial score (nSPS) is 23.9. The molecule has 1 N–H and O–H groups in total. The molecule has 2 aromatic rings. The fraction of sp³-hybridized carbons (Fsp3) is 0.529. The zero-order chi connectivity index (χ0) is 42.5. The molecule has 0 spiro atoms. The highest BCUT2D eigenvalue weighted by Crippen LogP contribution is 2.56. The number of hydrogen-bond donors (Lipinski definition) is 1. The van der Waals surface area contributed by atoms with Crippen LogP contribution in [0.25, 0.3) is 6.08 Å². The van der Waals surface area contributed by atoms with Crippen LogP contribution in [-0.2, 0) is 27.1 Å². The molecule has 6 rings (SSSR count). The number of amides is 1. The lowest BCUT2D eigenvalue weighted by Crippen LogP contribution is -2.53. The molecule has 4 aliphatic rings. The first kappa shape index (κ1) is 44.2. The Morgan fingerprint density at radius 1 is 1.02 bits per heavy atom. The number of methoxy groups -OCH3 is 1. The number of ketones is 1. The minimum atomic E-state index is -0.668. The molecule has 5 atom stereocenters. The molecule has 3 heterocycles. The van der Waals surface area contributed by atoms with E-state index >= 15 is 0 Å². The summed E-state index contributed by atoms with van der Waals surface area (Å²) in [4.78, 5) is 28.2. The molecule has 0 saturated carbocycles. The molecule has 1 saturated heterocycles. The van der Waals surface area contributed by atoms with Gasteiger partial charge in [-0.1, -0.05) is 67.0 Å². The summed E-state index contributed by atoms with van der Waals surface area (Å²) in [6.07, 6.45) is 19.3. The van der Waals surface area contributed by atoms with Crippen LogP contribution in [0.2, 0.25) is 0 Å². The average molecular weight is 806 g/mol. The maximum Gasteiger partial charge on any atom is 0.246 e. The van der Waals surface area contributed by atoms with Gasteiger partial charge in [0, 0.05) is 41.3 Å². The van der Waals surface area contributed by atoms with Gasteiger partial charge < -0.3 is 29.0 Å². The Bertz CT molecular complexity index is 2030. The van der Waals surface area contributed by atoms with Gasteiger partial charge in [-0.25, -0.2) is 0 Å². The monoisotopic (exact) mass is 805 g/mol. The van der Waals surface area contributed by atoms with Crippen LogP contribution >= 0.6 is 0 Å². The number of allylic oxidation sites excluding steroid dienone is 4. The Morgan fingerprint density at radius 3 is 2.39 bits per heavy atom. The van der Waals surface area contributed by atoms with Crippen molar-refractivity contribution in [2.75, 3.05) is 26.9 Å². The second-order valence-corrected chi connectivity index (χ2v) is 17.6. The molecule has 3 aliphatic heterocycles. The third kappa shape index (κ3) is 9.34. The van der Waals surface area contributed by atoms with Gasteiger partial charge >= 0.3 is 0 Å². The largest absolute Gasteiger partial charge is 0.497 e. The highest BCUT2D eigenvalue weighted by molar-refractivity contribution is 6.14. The van der Waals surface area contributed by atoms with Gasteiger partial charge in [0.1, 0.15) is 40.2 Å². The van der Waals surface area contributed by atoms with E-state index in [2.05, 4.69) is 77.2 Å². The number of ether oxygens (including phenoxy) is 5. The van der Waals surface area contributed by atoms with Crippen LogP contribution in [0, 0.1) is 12.8 Å². The Balaban J connectivity index is 1.27. The molecule has 0 bridgehead atoms. The Morgan fingerprint density at radius 2 is 1.75 bits per heavy atom. The third-order valence-corrected chi connectivity index (χ3v) is 12.7. The molecule has 0 radical (unpaired) electrons. The zero-order valence-corrected chi connectivity index (χ0v) is 37.3. The molecular formula is C51H67NO7. The van der Waals surface area contributed by atoms with Crippen molar-refractivity contribution in [2.45, 2.75) is 143 Å². The van der Waals surface area contributed by atoms with Crippen LogP contribution in [0.4, 0.5) is 0 Å². The highest BCUT2D eigenvalue weighted by Gasteiger charge is 2.65. The first-order chi connectivity index (χ1) is 28.2. The Kier molecular flexibility index (Phi) is 13.8. The van der Waals surface area contributed by atoms with E-state index in [1.54, 1.807) is 7.11 Å². The van der Waals surface area contributed by atoms with Crippen molar-refractivity contribution in [2.24, 2.45) is 5.92 Å². The van der Waals surface area contributed by atoms with Crippen molar-refractivity contribution in [3.63, 3.8) is 0 Å². The lowest BCUT2D eigenvalue weighted by Gasteiger charge is -2.44. The number of Topliss-reactive ketones (excluding diaryl/α,β-unsaturated/α-hetero) is 1. The number of fused-ring (bicyclic) bond motifs is 3. The number of carbonyl (C=O) groups is 2. The summed E-state index contributed by atoms with van der Waals surface area (Å²) in [7, 11) is 1.65. The summed E-state index contributed by atoms with van der Waals surface area (Å²) in [6, 6.07) is 7.91. The molecule has 5 unspecified atom stereocenters. The van der Waals surface area contributed by atoms with Gasteiger partial charge in [0.15, 0.2) is 5.78 Å². The minimum absolute atomic E-state index is 0.0281. The molecule has 8 nitrogen and oxygen atoms in total. The molecule has 1 fully saturated rings. The molecule has 1 aliphatic carbocycles. The quantitative estimate of drug-likeness (QED) is 0.0910. The van der Waals surface area contributed by atoms with Crippen LogP contribution in [-0.4, -0.2) is 61.5 Å². The second-order valence-electron chi connectivity index (χ2n) is 17.6. The fourth-order valence-electron chi connectivity index (χ4n) is 9.28. The van der Waals surface area contributed by atoms with E-state index in [9.17, 15) is 9.59 Å². The zero-order valence-electron chi connectivity index (χ0n) is 37.3. The first-order valence-corrected chi connectivity index (χ1v) is 21.8. The molecular weight excluding hydrogens is 739 g/mol. The van der Waals surface area contributed by atoms with Gasteiger partial charge in [-0.15, -0.1) is 0 Å². The molecule has 318 valence electrons. The number of rotatable bonds is 18. The van der Waals surface area contributed by atoms with E-state index in [0.717, 1.165) is 72.3 Å². The molecule has 1 amide bonds. The summed E-state index contributed by atoms with van der Waals surface area (Å²) in [6.45, 7) is 20.2. The van der Waals surface area contributed by atoms with E-state index in [4.69, 9.17) is 23.7 Å². The third-order valence-electron chi connectivity index (χ3n) is 12.7. The number of nitrogens with one attached hydrogen (secondary N) is 1. The van der Waals surface area contributed by atoms with Crippen molar-refractivity contribution in [3.8, 4) is 17.2 Å². The predicted octanol–water partition coefficient (Wildman–Crippen LogP) is 10.7. The maximum absolute atomic E-state index is 14.9. The van der Waals surface area contributed by atoms with Crippen molar-refractivity contribution < 1.29 is 33.3 Å². The highest BCUT2D eigenvalue weighted by atomic mass is 16.6.